The minimum absolute atomic E-state index is 0.159. The van der Waals surface area contributed by atoms with Crippen molar-refractivity contribution < 1.29 is 28.7 Å². The number of aromatic nitrogens is 2. The Labute approximate surface area is 176 Å². The maximum absolute atomic E-state index is 11.5. The van der Waals surface area contributed by atoms with Gasteiger partial charge in [0.2, 0.25) is 5.78 Å². The summed E-state index contributed by atoms with van der Waals surface area (Å²) in [6, 6.07) is 1.71. The van der Waals surface area contributed by atoms with E-state index in [2.05, 4.69) is 21.6 Å². The summed E-state index contributed by atoms with van der Waals surface area (Å²) in [5, 5.41) is 0.619. The molecule has 0 aliphatic rings. The van der Waals surface area contributed by atoms with Crippen LogP contribution in [0.3, 0.4) is 0 Å². The van der Waals surface area contributed by atoms with Crippen molar-refractivity contribution in [3.63, 3.8) is 0 Å². The molecular formula is C20H30N2O6S. The van der Waals surface area contributed by atoms with Gasteiger partial charge in [0.05, 0.1) is 19.6 Å². The van der Waals surface area contributed by atoms with Crippen LogP contribution in [-0.4, -0.2) is 52.9 Å². The number of ether oxygens (including phenoxy) is 2. The van der Waals surface area contributed by atoms with Crippen LogP contribution in [0.2, 0.25) is 0 Å². The number of hydrogen-bond donors (Lipinski definition) is 0. The number of nitrogens with zero attached hydrogens (tertiary/aromatic N) is 2. The fourth-order valence-electron chi connectivity index (χ4n) is 2.09. The Bertz CT molecular complexity index is 694. The lowest BCUT2D eigenvalue weighted by molar-refractivity contribution is -0.154. The van der Waals surface area contributed by atoms with Gasteiger partial charge in [0.15, 0.2) is 10.9 Å². The molecule has 29 heavy (non-hydrogen) atoms. The summed E-state index contributed by atoms with van der Waals surface area (Å²) in [5.74, 6) is -2.25. The van der Waals surface area contributed by atoms with Gasteiger partial charge in [-0.15, -0.1) is 0 Å². The zero-order valence-electron chi connectivity index (χ0n) is 17.8. The SMILES string of the molecule is CCCC(=O)CC(=O)C(=O)OCC.CCCc1cc(C(=O)OCC)nc(SC)n1. The van der Waals surface area contributed by atoms with Gasteiger partial charge in [-0.1, -0.05) is 32.0 Å². The van der Waals surface area contributed by atoms with E-state index in [9.17, 15) is 19.2 Å². The molecule has 0 spiro atoms. The van der Waals surface area contributed by atoms with E-state index in [1.54, 1.807) is 19.9 Å². The highest BCUT2D eigenvalue weighted by Crippen LogP contribution is 2.13. The van der Waals surface area contributed by atoms with Gasteiger partial charge in [0.1, 0.15) is 5.78 Å². The standard InChI is InChI=1S/C11H16N2O2S.C9H14O4/c1-4-6-8-7-9(10(14)15-5-2)13-11(12-8)16-3;1-3-5-7(10)6-8(11)9(12)13-4-2/h7H,4-6H2,1-3H3;3-6H2,1-2H3. The smallest absolute Gasteiger partial charge is 0.375 e. The van der Waals surface area contributed by atoms with E-state index in [1.807, 2.05) is 13.2 Å². The van der Waals surface area contributed by atoms with Gasteiger partial charge in [0.25, 0.3) is 0 Å². The number of ketones is 2. The molecule has 0 radical (unpaired) electrons. The molecule has 0 bridgehead atoms. The van der Waals surface area contributed by atoms with Crippen LogP contribution in [-0.2, 0) is 30.3 Å². The number of esters is 2. The Balaban J connectivity index is 0.000000555. The zero-order chi connectivity index (χ0) is 22.2. The van der Waals surface area contributed by atoms with Gasteiger partial charge < -0.3 is 9.47 Å². The first-order chi connectivity index (χ1) is 13.8. The van der Waals surface area contributed by atoms with Crippen LogP contribution >= 0.6 is 11.8 Å². The van der Waals surface area contributed by atoms with E-state index in [0.717, 1.165) is 18.5 Å². The van der Waals surface area contributed by atoms with Crippen LogP contribution in [0.5, 0.6) is 0 Å². The predicted octanol–water partition coefficient (Wildman–Crippen LogP) is 3.21. The van der Waals surface area contributed by atoms with Gasteiger partial charge >= 0.3 is 11.9 Å². The Morgan fingerprint density at radius 2 is 1.62 bits per heavy atom. The molecule has 0 saturated carbocycles. The molecule has 0 amide bonds. The van der Waals surface area contributed by atoms with Crippen molar-refractivity contribution in [2.45, 2.75) is 65.0 Å². The minimum Gasteiger partial charge on any atom is -0.461 e. The Morgan fingerprint density at radius 3 is 2.14 bits per heavy atom. The molecule has 1 rings (SSSR count). The lowest BCUT2D eigenvalue weighted by Gasteiger charge is -2.05. The second-order valence-electron chi connectivity index (χ2n) is 5.81. The quantitative estimate of drug-likeness (QED) is 0.173. The van der Waals surface area contributed by atoms with Crippen molar-refractivity contribution in [3.05, 3.63) is 17.5 Å². The van der Waals surface area contributed by atoms with E-state index in [1.165, 1.54) is 11.8 Å². The molecule has 1 heterocycles. The lowest BCUT2D eigenvalue weighted by Crippen LogP contribution is -2.20. The van der Waals surface area contributed by atoms with Crippen molar-refractivity contribution in [2.24, 2.45) is 0 Å². The average molecular weight is 427 g/mol. The largest absolute Gasteiger partial charge is 0.461 e. The summed E-state index contributed by atoms with van der Waals surface area (Å²) in [6.45, 7) is 7.82. The van der Waals surface area contributed by atoms with Gasteiger partial charge in [-0.2, -0.15) is 0 Å². The molecule has 0 aliphatic heterocycles. The molecule has 0 atom stereocenters. The third-order valence-corrected chi connectivity index (χ3v) is 3.87. The fourth-order valence-corrected chi connectivity index (χ4v) is 2.49. The summed E-state index contributed by atoms with van der Waals surface area (Å²) in [5.41, 5.74) is 1.24. The van der Waals surface area contributed by atoms with Crippen LogP contribution in [0, 0.1) is 0 Å². The number of rotatable bonds is 11. The molecule has 0 aliphatic carbocycles. The van der Waals surface area contributed by atoms with E-state index in [4.69, 9.17) is 4.74 Å². The fraction of sp³-hybridized carbons (Fsp3) is 0.600. The number of hydrogen-bond acceptors (Lipinski definition) is 9. The molecular weight excluding hydrogens is 396 g/mol. The van der Waals surface area contributed by atoms with Gasteiger partial charge in [-0.3, -0.25) is 9.59 Å². The van der Waals surface area contributed by atoms with Gasteiger partial charge in [-0.05, 0) is 39.0 Å². The molecule has 1 aromatic rings. The number of carbonyl (C=O) groups is 4. The Kier molecular flexibility index (Phi) is 14.4. The Morgan fingerprint density at radius 1 is 0.966 bits per heavy atom. The third-order valence-electron chi connectivity index (χ3n) is 3.32. The number of aryl methyl sites for hydroxylation is 1. The topological polar surface area (TPSA) is 113 Å². The van der Waals surface area contributed by atoms with Crippen molar-refractivity contribution in [1.29, 1.82) is 0 Å². The number of Topliss-reactive ketones (excluding diaryl/α,β-unsaturated/α-hetero) is 2. The van der Waals surface area contributed by atoms with Crippen molar-refractivity contribution in [1.82, 2.24) is 9.97 Å². The summed E-state index contributed by atoms with van der Waals surface area (Å²) >= 11 is 1.43. The summed E-state index contributed by atoms with van der Waals surface area (Å²) in [7, 11) is 0. The molecule has 162 valence electrons. The number of thioether (sulfide) groups is 1. The van der Waals surface area contributed by atoms with Gasteiger partial charge in [0, 0.05) is 12.1 Å². The maximum atomic E-state index is 11.5. The molecule has 0 unspecified atom stereocenters. The highest BCUT2D eigenvalue weighted by molar-refractivity contribution is 7.98. The summed E-state index contributed by atoms with van der Waals surface area (Å²) in [4.78, 5) is 52.6. The third kappa shape index (κ3) is 11.3. The van der Waals surface area contributed by atoms with E-state index >= 15 is 0 Å². The molecule has 8 nitrogen and oxygen atoms in total. The minimum atomic E-state index is -0.910. The zero-order valence-corrected chi connectivity index (χ0v) is 18.6. The highest BCUT2D eigenvalue weighted by Gasteiger charge is 2.17. The van der Waals surface area contributed by atoms with Gasteiger partial charge in [-0.25, -0.2) is 19.6 Å². The van der Waals surface area contributed by atoms with Crippen molar-refractivity contribution in [2.75, 3.05) is 19.5 Å². The monoisotopic (exact) mass is 426 g/mol. The summed E-state index contributed by atoms with van der Waals surface area (Å²) < 4.78 is 9.36. The molecule has 0 aromatic carbocycles. The molecule has 0 saturated heterocycles. The van der Waals surface area contributed by atoms with Crippen LogP contribution in [0.25, 0.3) is 0 Å². The highest BCUT2D eigenvalue weighted by atomic mass is 32.2. The average Bonchev–Trinajstić information content (AvgIpc) is 2.69. The normalized spacial score (nSPS) is 9.83. The lowest BCUT2D eigenvalue weighted by atomic mass is 10.1. The van der Waals surface area contributed by atoms with E-state index in [0.29, 0.717) is 30.3 Å². The van der Waals surface area contributed by atoms with E-state index < -0.39 is 11.8 Å². The van der Waals surface area contributed by atoms with Crippen molar-refractivity contribution >= 4 is 35.3 Å². The molecule has 1 aromatic heterocycles. The van der Waals surface area contributed by atoms with Crippen molar-refractivity contribution in [3.8, 4) is 0 Å². The first kappa shape index (κ1) is 26.7. The molecule has 0 fully saturated rings. The number of carbonyl (C=O) groups excluding carboxylic acids is 4. The first-order valence-electron chi connectivity index (χ1n) is 9.63. The second-order valence-corrected chi connectivity index (χ2v) is 6.58. The van der Waals surface area contributed by atoms with E-state index in [-0.39, 0.29) is 24.8 Å². The maximum Gasteiger partial charge on any atom is 0.375 e. The summed E-state index contributed by atoms with van der Waals surface area (Å²) in [6.07, 6.45) is 4.43. The van der Waals surface area contributed by atoms with Crippen LogP contribution in [0.4, 0.5) is 0 Å². The first-order valence-corrected chi connectivity index (χ1v) is 10.9. The predicted molar refractivity (Wildman–Crippen MR) is 110 cm³/mol. The van der Waals surface area contributed by atoms with Crippen LogP contribution in [0.15, 0.2) is 11.2 Å². The van der Waals surface area contributed by atoms with Crippen LogP contribution in [0.1, 0.15) is 69.6 Å². The molecule has 0 N–H and O–H groups in total. The molecule has 9 heteroatoms. The second kappa shape index (κ2) is 15.6. The van der Waals surface area contributed by atoms with Crippen LogP contribution < -0.4 is 0 Å². The Hall–Kier alpha value is -2.29.